The SMILES string of the molecule is O=C1C(NCC2=CCCOC2)CCCN1Cc1ccc(F)cc1F. The van der Waals surface area contributed by atoms with E-state index in [9.17, 15) is 13.6 Å². The first-order valence-corrected chi connectivity index (χ1v) is 8.35. The van der Waals surface area contributed by atoms with Crippen molar-refractivity contribution >= 4 is 5.91 Å². The van der Waals surface area contributed by atoms with Crippen LogP contribution < -0.4 is 5.32 Å². The predicted molar refractivity (Wildman–Crippen MR) is 86.3 cm³/mol. The average Bonchev–Trinajstić information content (AvgIpc) is 2.59. The lowest BCUT2D eigenvalue weighted by Gasteiger charge is -2.33. The Kier molecular flexibility index (Phi) is 5.58. The van der Waals surface area contributed by atoms with Gasteiger partial charge in [0.05, 0.1) is 19.3 Å². The van der Waals surface area contributed by atoms with E-state index in [1.165, 1.54) is 12.1 Å². The van der Waals surface area contributed by atoms with Crippen molar-refractivity contribution in [3.8, 4) is 0 Å². The minimum atomic E-state index is -0.609. The third-order valence-electron chi connectivity index (χ3n) is 4.47. The second kappa shape index (κ2) is 7.85. The fourth-order valence-electron chi connectivity index (χ4n) is 3.13. The van der Waals surface area contributed by atoms with Crippen LogP contribution >= 0.6 is 0 Å². The molecule has 0 radical (unpaired) electrons. The number of nitrogens with one attached hydrogen (secondary N) is 1. The van der Waals surface area contributed by atoms with Gasteiger partial charge in [0.1, 0.15) is 11.6 Å². The second-order valence-electron chi connectivity index (χ2n) is 6.27. The molecule has 2 aliphatic heterocycles. The van der Waals surface area contributed by atoms with Crippen LogP contribution in [0, 0.1) is 11.6 Å². The van der Waals surface area contributed by atoms with Crippen LogP contribution in [0.2, 0.25) is 0 Å². The Bertz CT molecular complexity index is 633. The van der Waals surface area contributed by atoms with Gasteiger partial charge in [0, 0.05) is 31.3 Å². The van der Waals surface area contributed by atoms with Crippen molar-refractivity contribution in [3.05, 3.63) is 47.0 Å². The summed E-state index contributed by atoms with van der Waals surface area (Å²) in [7, 11) is 0. The number of carbonyl (C=O) groups is 1. The zero-order valence-electron chi connectivity index (χ0n) is 13.6. The van der Waals surface area contributed by atoms with E-state index in [-0.39, 0.29) is 18.5 Å². The molecule has 0 bridgehead atoms. The Morgan fingerprint density at radius 2 is 2.21 bits per heavy atom. The monoisotopic (exact) mass is 336 g/mol. The van der Waals surface area contributed by atoms with Crippen molar-refractivity contribution in [2.75, 3.05) is 26.3 Å². The van der Waals surface area contributed by atoms with Gasteiger partial charge < -0.3 is 15.0 Å². The molecule has 130 valence electrons. The van der Waals surface area contributed by atoms with Crippen LogP contribution in [-0.4, -0.2) is 43.2 Å². The number of hydrogen-bond acceptors (Lipinski definition) is 3. The Morgan fingerprint density at radius 1 is 1.33 bits per heavy atom. The van der Waals surface area contributed by atoms with Gasteiger partial charge in [-0.25, -0.2) is 8.78 Å². The highest BCUT2D eigenvalue weighted by Crippen LogP contribution is 2.18. The van der Waals surface area contributed by atoms with Gasteiger partial charge >= 0.3 is 0 Å². The van der Waals surface area contributed by atoms with Crippen molar-refractivity contribution < 1.29 is 18.3 Å². The number of nitrogens with zero attached hydrogens (tertiary/aromatic N) is 1. The van der Waals surface area contributed by atoms with Crippen molar-refractivity contribution in [2.24, 2.45) is 0 Å². The van der Waals surface area contributed by atoms with Gasteiger partial charge in [-0.05, 0) is 30.9 Å². The summed E-state index contributed by atoms with van der Waals surface area (Å²) in [5.74, 6) is -1.24. The molecule has 3 rings (SSSR count). The number of benzene rings is 1. The van der Waals surface area contributed by atoms with Crippen molar-refractivity contribution in [1.29, 1.82) is 0 Å². The second-order valence-corrected chi connectivity index (χ2v) is 6.27. The van der Waals surface area contributed by atoms with Crippen LogP contribution in [0.4, 0.5) is 8.78 Å². The first kappa shape index (κ1) is 17.0. The first-order valence-electron chi connectivity index (χ1n) is 8.35. The van der Waals surface area contributed by atoms with Gasteiger partial charge in [-0.2, -0.15) is 0 Å². The lowest BCUT2D eigenvalue weighted by atomic mass is 10.0. The van der Waals surface area contributed by atoms with E-state index in [1.54, 1.807) is 4.90 Å². The molecule has 1 aromatic rings. The molecule has 1 atom stereocenters. The number of piperidine rings is 1. The summed E-state index contributed by atoms with van der Waals surface area (Å²) in [5.41, 5.74) is 1.50. The van der Waals surface area contributed by atoms with E-state index < -0.39 is 11.6 Å². The summed E-state index contributed by atoms with van der Waals surface area (Å²) in [5, 5.41) is 3.29. The maximum atomic E-state index is 13.8. The fourth-order valence-corrected chi connectivity index (χ4v) is 3.13. The normalized spacial score (nSPS) is 21.8. The van der Waals surface area contributed by atoms with E-state index in [0.29, 0.717) is 25.3 Å². The number of hydrogen-bond donors (Lipinski definition) is 1. The summed E-state index contributed by atoms with van der Waals surface area (Å²) in [4.78, 5) is 14.2. The lowest BCUT2D eigenvalue weighted by Crippen LogP contribution is -2.50. The van der Waals surface area contributed by atoms with Crippen molar-refractivity contribution in [1.82, 2.24) is 10.2 Å². The summed E-state index contributed by atoms with van der Waals surface area (Å²) >= 11 is 0. The zero-order chi connectivity index (χ0) is 16.9. The molecular formula is C18H22F2N2O2. The van der Waals surface area contributed by atoms with Gasteiger partial charge in [-0.3, -0.25) is 4.79 Å². The van der Waals surface area contributed by atoms with Gasteiger partial charge in [0.2, 0.25) is 5.91 Å². The number of rotatable bonds is 5. The molecule has 1 saturated heterocycles. The molecule has 2 aliphatic rings. The summed E-state index contributed by atoms with van der Waals surface area (Å²) in [6.07, 6.45) is 4.69. The Morgan fingerprint density at radius 3 is 2.96 bits per heavy atom. The molecule has 1 amide bonds. The maximum absolute atomic E-state index is 13.8. The van der Waals surface area contributed by atoms with Crippen LogP contribution in [-0.2, 0) is 16.1 Å². The predicted octanol–water partition coefficient (Wildman–Crippen LogP) is 2.39. The van der Waals surface area contributed by atoms with E-state index >= 15 is 0 Å². The molecule has 24 heavy (non-hydrogen) atoms. The molecule has 1 aromatic carbocycles. The highest BCUT2D eigenvalue weighted by Gasteiger charge is 2.29. The molecule has 1 N–H and O–H groups in total. The first-order chi connectivity index (χ1) is 11.6. The highest BCUT2D eigenvalue weighted by molar-refractivity contribution is 5.82. The molecule has 4 nitrogen and oxygen atoms in total. The number of likely N-dealkylation sites (tertiary alicyclic amines) is 1. The van der Waals surface area contributed by atoms with Gasteiger partial charge in [0.25, 0.3) is 0 Å². The molecule has 0 saturated carbocycles. The minimum absolute atomic E-state index is 0.0256. The molecule has 6 heteroatoms. The molecule has 1 unspecified atom stereocenters. The Labute approximate surface area is 140 Å². The summed E-state index contributed by atoms with van der Waals surface area (Å²) < 4.78 is 32.2. The minimum Gasteiger partial charge on any atom is -0.377 e. The van der Waals surface area contributed by atoms with E-state index in [4.69, 9.17) is 4.74 Å². The van der Waals surface area contributed by atoms with E-state index in [1.807, 2.05) is 0 Å². The van der Waals surface area contributed by atoms with Crippen molar-refractivity contribution in [2.45, 2.75) is 31.8 Å². The summed E-state index contributed by atoms with van der Waals surface area (Å²) in [6.45, 7) is 2.77. The van der Waals surface area contributed by atoms with E-state index in [0.717, 1.165) is 37.5 Å². The molecule has 2 heterocycles. The van der Waals surface area contributed by atoms with Crippen LogP contribution in [0.15, 0.2) is 29.8 Å². The molecule has 0 aliphatic carbocycles. The largest absolute Gasteiger partial charge is 0.377 e. The maximum Gasteiger partial charge on any atom is 0.240 e. The van der Waals surface area contributed by atoms with Crippen LogP contribution in [0.3, 0.4) is 0 Å². The Balaban J connectivity index is 1.58. The Hall–Kier alpha value is -1.79. The zero-order valence-corrected chi connectivity index (χ0v) is 13.6. The van der Waals surface area contributed by atoms with Crippen molar-refractivity contribution in [3.63, 3.8) is 0 Å². The third kappa shape index (κ3) is 4.19. The topological polar surface area (TPSA) is 41.6 Å². The smallest absolute Gasteiger partial charge is 0.240 e. The fraction of sp³-hybridized carbons (Fsp3) is 0.500. The molecule has 1 fully saturated rings. The number of halogens is 2. The van der Waals surface area contributed by atoms with Crippen LogP contribution in [0.1, 0.15) is 24.8 Å². The van der Waals surface area contributed by atoms with Gasteiger partial charge in [-0.15, -0.1) is 0 Å². The van der Waals surface area contributed by atoms with Gasteiger partial charge in [0.15, 0.2) is 0 Å². The quantitative estimate of drug-likeness (QED) is 0.840. The molecular weight excluding hydrogens is 314 g/mol. The van der Waals surface area contributed by atoms with Gasteiger partial charge in [-0.1, -0.05) is 12.1 Å². The number of amides is 1. The number of carbonyl (C=O) groups excluding carboxylic acids is 1. The van der Waals surface area contributed by atoms with Crippen LogP contribution in [0.5, 0.6) is 0 Å². The molecule has 0 spiro atoms. The van der Waals surface area contributed by atoms with Crippen LogP contribution in [0.25, 0.3) is 0 Å². The average molecular weight is 336 g/mol. The summed E-state index contributed by atoms with van der Waals surface area (Å²) in [6, 6.07) is 3.22. The standard InChI is InChI=1S/C18H22F2N2O2/c19-15-6-5-14(16(20)9-15)11-22-7-1-4-17(18(22)23)21-10-13-3-2-8-24-12-13/h3,5-6,9,17,21H,1-2,4,7-8,10-12H2. The molecule has 0 aromatic heterocycles. The third-order valence-corrected chi connectivity index (χ3v) is 4.47. The number of ether oxygens (including phenoxy) is 1. The lowest BCUT2D eigenvalue weighted by molar-refractivity contribution is -0.136. The van der Waals surface area contributed by atoms with E-state index in [2.05, 4.69) is 11.4 Å². The highest BCUT2D eigenvalue weighted by atomic mass is 19.1.